The summed E-state index contributed by atoms with van der Waals surface area (Å²) in [7, 11) is 0. The number of benzene rings is 1. The SMILES string of the molecule is CC(C)(C)OC(=O)C/C=C/Cc1ccccc1. The Hall–Kier alpha value is -1.57. The van der Waals surface area contributed by atoms with Gasteiger partial charge in [0.15, 0.2) is 0 Å². The molecule has 2 nitrogen and oxygen atoms in total. The molecule has 2 heteroatoms. The lowest BCUT2D eigenvalue weighted by atomic mass is 10.1. The van der Waals surface area contributed by atoms with Crippen molar-refractivity contribution in [3.8, 4) is 0 Å². The summed E-state index contributed by atoms with van der Waals surface area (Å²) in [6.07, 6.45) is 5.05. The van der Waals surface area contributed by atoms with Crippen LogP contribution in [0.2, 0.25) is 0 Å². The van der Waals surface area contributed by atoms with E-state index >= 15 is 0 Å². The lowest BCUT2D eigenvalue weighted by Crippen LogP contribution is -2.23. The van der Waals surface area contributed by atoms with Crippen LogP contribution in [0.5, 0.6) is 0 Å². The third kappa shape index (κ3) is 6.56. The van der Waals surface area contributed by atoms with Crippen molar-refractivity contribution >= 4 is 5.97 Å². The molecule has 0 aliphatic heterocycles. The van der Waals surface area contributed by atoms with Gasteiger partial charge in [0.2, 0.25) is 0 Å². The summed E-state index contributed by atoms with van der Waals surface area (Å²) >= 11 is 0. The zero-order valence-corrected chi connectivity index (χ0v) is 10.8. The number of carbonyl (C=O) groups is 1. The van der Waals surface area contributed by atoms with Gasteiger partial charge < -0.3 is 4.74 Å². The molecule has 0 atom stereocenters. The fourth-order valence-electron chi connectivity index (χ4n) is 1.40. The second-order valence-corrected chi connectivity index (χ2v) is 4.95. The van der Waals surface area contributed by atoms with Crippen molar-refractivity contribution in [1.82, 2.24) is 0 Å². The van der Waals surface area contributed by atoms with Gasteiger partial charge in [0.05, 0.1) is 6.42 Å². The third-order valence-corrected chi connectivity index (χ3v) is 2.07. The molecule has 1 aromatic rings. The normalized spacial score (nSPS) is 11.7. The Balaban J connectivity index is 2.29. The molecule has 0 N–H and O–H groups in total. The van der Waals surface area contributed by atoms with Crippen molar-refractivity contribution in [2.45, 2.75) is 39.2 Å². The molecular formula is C15H20O2. The predicted octanol–water partition coefficient (Wildman–Crippen LogP) is 3.52. The Morgan fingerprint density at radius 1 is 1.18 bits per heavy atom. The van der Waals surface area contributed by atoms with Gasteiger partial charge in [0.1, 0.15) is 5.60 Å². The number of hydrogen-bond donors (Lipinski definition) is 0. The summed E-state index contributed by atoms with van der Waals surface area (Å²) in [6, 6.07) is 10.2. The molecule has 0 aliphatic carbocycles. The first kappa shape index (κ1) is 13.5. The smallest absolute Gasteiger partial charge is 0.310 e. The Bertz CT molecular complexity index is 372. The van der Waals surface area contributed by atoms with Gasteiger partial charge in [-0.05, 0) is 32.8 Å². The molecule has 17 heavy (non-hydrogen) atoms. The van der Waals surface area contributed by atoms with Crippen LogP contribution < -0.4 is 0 Å². The molecule has 0 saturated carbocycles. The van der Waals surface area contributed by atoms with E-state index < -0.39 is 5.60 Å². The topological polar surface area (TPSA) is 26.3 Å². The molecule has 0 heterocycles. The Morgan fingerprint density at radius 3 is 2.41 bits per heavy atom. The van der Waals surface area contributed by atoms with Crippen LogP contribution in [0.3, 0.4) is 0 Å². The molecule has 0 saturated heterocycles. The molecule has 92 valence electrons. The van der Waals surface area contributed by atoms with Gasteiger partial charge in [-0.3, -0.25) is 4.79 Å². The molecule has 0 spiro atoms. The van der Waals surface area contributed by atoms with Crippen LogP contribution in [0.4, 0.5) is 0 Å². The monoisotopic (exact) mass is 232 g/mol. The second-order valence-electron chi connectivity index (χ2n) is 4.95. The van der Waals surface area contributed by atoms with Crippen LogP contribution >= 0.6 is 0 Å². The van der Waals surface area contributed by atoms with Gasteiger partial charge in [-0.15, -0.1) is 0 Å². The molecule has 1 aromatic carbocycles. The Kier molecular flexibility index (Phi) is 4.95. The minimum atomic E-state index is -0.398. The largest absolute Gasteiger partial charge is 0.460 e. The van der Waals surface area contributed by atoms with Gasteiger partial charge >= 0.3 is 5.97 Å². The highest BCUT2D eigenvalue weighted by atomic mass is 16.6. The molecule has 0 fully saturated rings. The number of rotatable bonds is 4. The first-order valence-corrected chi connectivity index (χ1v) is 5.88. The predicted molar refractivity (Wildman–Crippen MR) is 69.7 cm³/mol. The Labute approximate surface area is 103 Å². The summed E-state index contributed by atoms with van der Waals surface area (Å²) < 4.78 is 5.20. The summed E-state index contributed by atoms with van der Waals surface area (Å²) in [4.78, 5) is 11.4. The molecule has 0 radical (unpaired) electrons. The highest BCUT2D eigenvalue weighted by Crippen LogP contribution is 2.08. The van der Waals surface area contributed by atoms with Crippen molar-refractivity contribution in [3.63, 3.8) is 0 Å². The first-order valence-electron chi connectivity index (χ1n) is 5.88. The molecule has 1 rings (SSSR count). The van der Waals surface area contributed by atoms with Crippen LogP contribution in [0, 0.1) is 0 Å². The van der Waals surface area contributed by atoms with Gasteiger partial charge in [0.25, 0.3) is 0 Å². The molecule has 0 aliphatic rings. The molecule has 0 aromatic heterocycles. The minimum Gasteiger partial charge on any atom is -0.460 e. The van der Waals surface area contributed by atoms with Crippen LogP contribution in [0.15, 0.2) is 42.5 Å². The quantitative estimate of drug-likeness (QED) is 0.586. The number of esters is 1. The third-order valence-electron chi connectivity index (χ3n) is 2.07. The summed E-state index contributed by atoms with van der Waals surface area (Å²) in [5.74, 6) is -0.179. The molecule has 0 amide bonds. The molecule has 0 unspecified atom stereocenters. The number of hydrogen-bond acceptors (Lipinski definition) is 2. The van der Waals surface area contributed by atoms with E-state index in [0.29, 0.717) is 6.42 Å². The van der Waals surface area contributed by atoms with E-state index in [-0.39, 0.29) is 5.97 Å². The average Bonchev–Trinajstić information content (AvgIpc) is 2.23. The van der Waals surface area contributed by atoms with Crippen LogP contribution in [0.25, 0.3) is 0 Å². The standard InChI is InChI=1S/C15H20O2/c1-15(2,3)17-14(16)12-8-7-11-13-9-5-4-6-10-13/h4-10H,11-12H2,1-3H3/b8-7+. The van der Waals surface area contributed by atoms with Crippen molar-refractivity contribution in [1.29, 1.82) is 0 Å². The van der Waals surface area contributed by atoms with Crippen LogP contribution in [-0.2, 0) is 16.0 Å². The van der Waals surface area contributed by atoms with E-state index in [1.807, 2.05) is 51.1 Å². The van der Waals surface area contributed by atoms with E-state index in [0.717, 1.165) is 6.42 Å². The van der Waals surface area contributed by atoms with E-state index in [2.05, 4.69) is 12.1 Å². The van der Waals surface area contributed by atoms with E-state index in [9.17, 15) is 4.79 Å². The number of carbonyl (C=O) groups excluding carboxylic acids is 1. The number of ether oxygens (including phenoxy) is 1. The van der Waals surface area contributed by atoms with E-state index in [4.69, 9.17) is 4.74 Å². The van der Waals surface area contributed by atoms with E-state index in [1.54, 1.807) is 0 Å². The highest BCUT2D eigenvalue weighted by Gasteiger charge is 2.14. The maximum atomic E-state index is 11.4. The van der Waals surface area contributed by atoms with Crippen molar-refractivity contribution < 1.29 is 9.53 Å². The van der Waals surface area contributed by atoms with Crippen molar-refractivity contribution in [3.05, 3.63) is 48.0 Å². The number of allylic oxidation sites excluding steroid dienone is 1. The van der Waals surface area contributed by atoms with Gasteiger partial charge in [-0.1, -0.05) is 42.5 Å². The lowest BCUT2D eigenvalue weighted by molar-refractivity contribution is -0.153. The second kappa shape index (κ2) is 6.24. The lowest BCUT2D eigenvalue weighted by Gasteiger charge is -2.18. The summed E-state index contributed by atoms with van der Waals surface area (Å²) in [6.45, 7) is 5.62. The maximum absolute atomic E-state index is 11.4. The fraction of sp³-hybridized carbons (Fsp3) is 0.400. The Morgan fingerprint density at radius 2 is 1.82 bits per heavy atom. The first-order chi connectivity index (χ1) is 7.97. The van der Waals surface area contributed by atoms with Crippen LogP contribution in [0.1, 0.15) is 32.8 Å². The van der Waals surface area contributed by atoms with Gasteiger partial charge in [-0.25, -0.2) is 0 Å². The molecule has 0 bridgehead atoms. The van der Waals surface area contributed by atoms with Crippen molar-refractivity contribution in [2.75, 3.05) is 0 Å². The zero-order valence-electron chi connectivity index (χ0n) is 10.8. The van der Waals surface area contributed by atoms with E-state index in [1.165, 1.54) is 5.56 Å². The minimum absolute atomic E-state index is 0.179. The van der Waals surface area contributed by atoms with Crippen molar-refractivity contribution in [2.24, 2.45) is 0 Å². The maximum Gasteiger partial charge on any atom is 0.310 e. The molecular weight excluding hydrogens is 212 g/mol. The highest BCUT2D eigenvalue weighted by molar-refractivity contribution is 5.71. The van der Waals surface area contributed by atoms with Crippen LogP contribution in [-0.4, -0.2) is 11.6 Å². The average molecular weight is 232 g/mol. The summed E-state index contributed by atoms with van der Waals surface area (Å²) in [5.41, 5.74) is 0.845. The fourth-order valence-corrected chi connectivity index (χ4v) is 1.40. The van der Waals surface area contributed by atoms with Gasteiger partial charge in [-0.2, -0.15) is 0 Å². The zero-order chi connectivity index (χ0) is 12.7. The van der Waals surface area contributed by atoms with Gasteiger partial charge in [0, 0.05) is 0 Å². The summed E-state index contributed by atoms with van der Waals surface area (Å²) in [5, 5.41) is 0.